The third-order valence-corrected chi connectivity index (χ3v) is 4.39. The Bertz CT molecular complexity index is 748. The molecule has 0 saturated carbocycles. The average Bonchev–Trinajstić information content (AvgIpc) is 2.36. The van der Waals surface area contributed by atoms with E-state index in [0.29, 0.717) is 6.07 Å². The summed E-state index contributed by atoms with van der Waals surface area (Å²) in [7, 11) is -4.03. The maximum atomic E-state index is 13.5. The number of hydrogen-bond acceptors (Lipinski definition) is 3. The molecule has 8 heteroatoms. The molecule has 0 bridgehead atoms. The second-order valence-electron chi connectivity index (χ2n) is 3.85. The van der Waals surface area contributed by atoms with Gasteiger partial charge in [-0.3, -0.25) is 4.72 Å². The van der Waals surface area contributed by atoms with Crippen molar-refractivity contribution in [2.24, 2.45) is 0 Å². The van der Waals surface area contributed by atoms with Gasteiger partial charge in [0.05, 0.1) is 15.1 Å². The first kappa shape index (κ1) is 14.7. The van der Waals surface area contributed by atoms with Crippen LogP contribution in [0.2, 0.25) is 0 Å². The molecule has 0 aliphatic carbocycles. The molecular formula is C12H8BrF2NO3S. The Morgan fingerprint density at radius 1 is 1.05 bits per heavy atom. The lowest BCUT2D eigenvalue weighted by Crippen LogP contribution is -2.14. The van der Waals surface area contributed by atoms with E-state index in [1.165, 1.54) is 12.1 Å². The number of halogens is 3. The Morgan fingerprint density at radius 2 is 1.65 bits per heavy atom. The maximum absolute atomic E-state index is 13.5. The van der Waals surface area contributed by atoms with Crippen molar-refractivity contribution in [3.8, 4) is 5.75 Å². The van der Waals surface area contributed by atoms with Gasteiger partial charge < -0.3 is 5.11 Å². The summed E-state index contributed by atoms with van der Waals surface area (Å²) in [4.78, 5) is -0.157. The van der Waals surface area contributed by atoms with Crippen LogP contribution in [0.15, 0.2) is 45.8 Å². The molecule has 0 fully saturated rings. The van der Waals surface area contributed by atoms with Crippen LogP contribution >= 0.6 is 15.9 Å². The molecule has 0 spiro atoms. The first-order chi connectivity index (χ1) is 9.29. The summed E-state index contributed by atoms with van der Waals surface area (Å²) >= 11 is 2.84. The quantitative estimate of drug-likeness (QED) is 0.822. The summed E-state index contributed by atoms with van der Waals surface area (Å²) in [5, 5.41) is 9.10. The highest BCUT2D eigenvalue weighted by molar-refractivity contribution is 9.10. The van der Waals surface area contributed by atoms with Crippen LogP contribution < -0.4 is 4.72 Å². The summed E-state index contributed by atoms with van der Waals surface area (Å²) < 4.78 is 52.5. The van der Waals surface area contributed by atoms with Crippen LogP contribution in [-0.2, 0) is 10.0 Å². The lowest BCUT2D eigenvalue weighted by atomic mass is 10.3. The average molecular weight is 364 g/mol. The first-order valence-corrected chi connectivity index (χ1v) is 7.53. The van der Waals surface area contributed by atoms with Gasteiger partial charge in [0, 0.05) is 6.07 Å². The molecule has 0 saturated heterocycles. The minimum atomic E-state index is -4.03. The molecule has 4 nitrogen and oxygen atoms in total. The van der Waals surface area contributed by atoms with Crippen molar-refractivity contribution in [1.82, 2.24) is 0 Å². The standard InChI is InChI=1S/C12H8BrF2NO3S/c13-9-5-12(11(15)6-10(9)14)16-20(18,19)8-3-1-7(17)2-4-8/h1-6,16-17H. The van der Waals surface area contributed by atoms with Crippen molar-refractivity contribution < 1.29 is 22.3 Å². The molecule has 2 rings (SSSR count). The van der Waals surface area contributed by atoms with Crippen molar-refractivity contribution in [3.05, 3.63) is 52.5 Å². The predicted molar refractivity (Wildman–Crippen MR) is 73.0 cm³/mol. The summed E-state index contributed by atoms with van der Waals surface area (Å²) in [6.45, 7) is 0. The molecule has 0 radical (unpaired) electrons. The second-order valence-corrected chi connectivity index (χ2v) is 6.38. The van der Waals surface area contributed by atoms with E-state index in [2.05, 4.69) is 15.9 Å². The first-order valence-electron chi connectivity index (χ1n) is 5.26. The zero-order valence-corrected chi connectivity index (χ0v) is 12.2. The topological polar surface area (TPSA) is 66.4 Å². The lowest BCUT2D eigenvalue weighted by Gasteiger charge is -2.10. The Hall–Kier alpha value is -1.67. The number of sulfonamides is 1. The lowest BCUT2D eigenvalue weighted by molar-refractivity contribution is 0.475. The smallest absolute Gasteiger partial charge is 0.261 e. The highest BCUT2D eigenvalue weighted by Crippen LogP contribution is 2.26. The molecule has 0 amide bonds. The van der Waals surface area contributed by atoms with E-state index in [-0.39, 0.29) is 20.8 Å². The van der Waals surface area contributed by atoms with Crippen LogP contribution in [0.4, 0.5) is 14.5 Å². The van der Waals surface area contributed by atoms with Crippen molar-refractivity contribution in [2.75, 3.05) is 4.72 Å². The zero-order valence-electron chi connectivity index (χ0n) is 9.77. The monoisotopic (exact) mass is 363 g/mol. The van der Waals surface area contributed by atoms with E-state index in [9.17, 15) is 17.2 Å². The largest absolute Gasteiger partial charge is 0.508 e. The molecule has 0 atom stereocenters. The second kappa shape index (κ2) is 5.37. The maximum Gasteiger partial charge on any atom is 0.261 e. The van der Waals surface area contributed by atoms with Crippen molar-refractivity contribution in [2.45, 2.75) is 4.90 Å². The minimum Gasteiger partial charge on any atom is -0.508 e. The molecule has 20 heavy (non-hydrogen) atoms. The van der Waals surface area contributed by atoms with E-state index in [4.69, 9.17) is 5.11 Å². The van der Waals surface area contributed by atoms with Gasteiger partial charge >= 0.3 is 0 Å². The molecule has 0 unspecified atom stereocenters. The van der Waals surface area contributed by atoms with Gasteiger partial charge in [-0.15, -0.1) is 0 Å². The van der Waals surface area contributed by atoms with E-state index in [1.54, 1.807) is 0 Å². The normalized spacial score (nSPS) is 11.3. The molecule has 0 heterocycles. The van der Waals surface area contributed by atoms with Crippen molar-refractivity contribution in [1.29, 1.82) is 0 Å². The van der Waals surface area contributed by atoms with Crippen molar-refractivity contribution in [3.63, 3.8) is 0 Å². The summed E-state index contributed by atoms with van der Waals surface area (Å²) in [6.07, 6.45) is 0. The number of benzene rings is 2. The Morgan fingerprint density at radius 3 is 2.25 bits per heavy atom. The fraction of sp³-hybridized carbons (Fsp3) is 0. The van der Waals surface area contributed by atoms with Gasteiger partial charge in [0.15, 0.2) is 0 Å². The zero-order chi connectivity index (χ0) is 14.9. The van der Waals surface area contributed by atoms with Gasteiger partial charge in [-0.2, -0.15) is 0 Å². The van der Waals surface area contributed by atoms with Gasteiger partial charge in [0.1, 0.15) is 17.4 Å². The molecule has 106 valence electrons. The van der Waals surface area contributed by atoms with Gasteiger partial charge in [0.2, 0.25) is 0 Å². The molecule has 0 aliphatic heterocycles. The van der Waals surface area contributed by atoms with E-state index < -0.39 is 21.7 Å². The van der Waals surface area contributed by atoms with Crippen LogP contribution in [0.25, 0.3) is 0 Å². The minimum absolute atomic E-state index is 0.0673. The van der Waals surface area contributed by atoms with Crippen LogP contribution in [0, 0.1) is 11.6 Å². The number of anilines is 1. The number of nitrogens with one attached hydrogen (secondary N) is 1. The molecule has 0 aliphatic rings. The molecule has 0 aromatic heterocycles. The molecular weight excluding hydrogens is 356 g/mol. The van der Waals surface area contributed by atoms with Gasteiger partial charge in [-0.05, 0) is 46.3 Å². The number of aromatic hydroxyl groups is 1. The van der Waals surface area contributed by atoms with Crippen molar-refractivity contribution >= 4 is 31.6 Å². The number of hydrogen-bond donors (Lipinski definition) is 2. The Balaban J connectivity index is 2.38. The fourth-order valence-corrected chi connectivity index (χ4v) is 2.83. The highest BCUT2D eigenvalue weighted by atomic mass is 79.9. The SMILES string of the molecule is O=S(=O)(Nc1cc(Br)c(F)cc1F)c1ccc(O)cc1. The Labute approximate surface area is 122 Å². The fourth-order valence-electron chi connectivity index (χ4n) is 1.43. The summed E-state index contributed by atoms with van der Waals surface area (Å²) in [6, 6.07) is 6.25. The third kappa shape index (κ3) is 3.07. The van der Waals surface area contributed by atoms with E-state index >= 15 is 0 Å². The summed E-state index contributed by atoms with van der Waals surface area (Å²) in [5.41, 5.74) is -0.383. The van der Waals surface area contributed by atoms with Crippen LogP contribution in [0.5, 0.6) is 5.75 Å². The van der Waals surface area contributed by atoms with Gasteiger partial charge in [-0.25, -0.2) is 17.2 Å². The highest BCUT2D eigenvalue weighted by Gasteiger charge is 2.17. The van der Waals surface area contributed by atoms with E-state index in [1.807, 2.05) is 4.72 Å². The van der Waals surface area contributed by atoms with Gasteiger partial charge in [0.25, 0.3) is 10.0 Å². The summed E-state index contributed by atoms with van der Waals surface area (Å²) in [5.74, 6) is -1.97. The predicted octanol–water partition coefficient (Wildman–Crippen LogP) is 3.23. The van der Waals surface area contributed by atoms with Crippen LogP contribution in [-0.4, -0.2) is 13.5 Å². The van der Waals surface area contributed by atoms with E-state index in [0.717, 1.165) is 18.2 Å². The van der Waals surface area contributed by atoms with Crippen LogP contribution in [0.1, 0.15) is 0 Å². The molecule has 2 N–H and O–H groups in total. The van der Waals surface area contributed by atoms with Gasteiger partial charge in [-0.1, -0.05) is 0 Å². The number of phenolic OH excluding ortho intramolecular Hbond substituents is 1. The van der Waals surface area contributed by atoms with Crippen LogP contribution in [0.3, 0.4) is 0 Å². The molecule has 2 aromatic rings. The molecule has 2 aromatic carbocycles. The Kier molecular flexibility index (Phi) is 3.96. The number of phenols is 1. The third-order valence-electron chi connectivity index (χ3n) is 2.40. The number of rotatable bonds is 3.